The minimum Gasteiger partial charge on any atom is -0.323 e. The second kappa shape index (κ2) is 8.72. The van der Waals surface area contributed by atoms with Gasteiger partial charge in [-0.15, -0.1) is 22.7 Å². The van der Waals surface area contributed by atoms with E-state index in [-0.39, 0.29) is 18.2 Å². The molecule has 144 valence electrons. The molecule has 3 heterocycles. The molecule has 0 aliphatic rings. The SMILES string of the molecule is O=C(Cc1csc(NC(=O)c2cccs2)n1)Nc1cnc(-c2ccccc2)nc1. The van der Waals surface area contributed by atoms with Gasteiger partial charge in [0.25, 0.3) is 5.91 Å². The highest BCUT2D eigenvalue weighted by Crippen LogP contribution is 2.19. The van der Waals surface area contributed by atoms with E-state index in [9.17, 15) is 9.59 Å². The third-order valence-electron chi connectivity index (χ3n) is 3.83. The number of nitrogens with one attached hydrogen (secondary N) is 2. The van der Waals surface area contributed by atoms with Crippen LogP contribution in [-0.4, -0.2) is 26.8 Å². The summed E-state index contributed by atoms with van der Waals surface area (Å²) in [6.07, 6.45) is 3.23. The molecule has 0 aliphatic heterocycles. The molecule has 0 aliphatic carbocycles. The molecule has 7 nitrogen and oxygen atoms in total. The highest BCUT2D eigenvalue weighted by atomic mass is 32.1. The van der Waals surface area contributed by atoms with E-state index >= 15 is 0 Å². The lowest BCUT2D eigenvalue weighted by Gasteiger charge is -2.04. The summed E-state index contributed by atoms with van der Waals surface area (Å²) in [7, 11) is 0. The van der Waals surface area contributed by atoms with Crippen molar-refractivity contribution in [2.24, 2.45) is 0 Å². The number of thiazole rings is 1. The van der Waals surface area contributed by atoms with E-state index in [2.05, 4.69) is 25.6 Å². The number of thiophene rings is 1. The van der Waals surface area contributed by atoms with Crippen molar-refractivity contribution in [1.82, 2.24) is 15.0 Å². The molecule has 4 aromatic rings. The highest BCUT2D eigenvalue weighted by molar-refractivity contribution is 7.14. The van der Waals surface area contributed by atoms with Gasteiger partial charge in [-0.2, -0.15) is 0 Å². The molecule has 0 bridgehead atoms. The Morgan fingerprint density at radius 3 is 2.45 bits per heavy atom. The lowest BCUT2D eigenvalue weighted by molar-refractivity contribution is -0.115. The van der Waals surface area contributed by atoms with Crippen LogP contribution in [0.5, 0.6) is 0 Å². The Bertz CT molecular complexity index is 1110. The Labute approximate surface area is 174 Å². The van der Waals surface area contributed by atoms with Gasteiger partial charge in [0.2, 0.25) is 5.91 Å². The zero-order valence-electron chi connectivity index (χ0n) is 15.0. The van der Waals surface area contributed by atoms with Crippen molar-refractivity contribution in [3.05, 3.63) is 76.2 Å². The first-order valence-corrected chi connectivity index (χ1v) is 10.4. The first-order valence-electron chi connectivity index (χ1n) is 8.64. The third-order valence-corrected chi connectivity index (χ3v) is 5.50. The molecule has 0 saturated heterocycles. The van der Waals surface area contributed by atoms with Crippen LogP contribution in [0.15, 0.2) is 65.6 Å². The zero-order chi connectivity index (χ0) is 20.1. The van der Waals surface area contributed by atoms with Crippen molar-refractivity contribution in [2.75, 3.05) is 10.6 Å². The smallest absolute Gasteiger partial charge is 0.267 e. The maximum absolute atomic E-state index is 12.3. The van der Waals surface area contributed by atoms with E-state index in [0.29, 0.717) is 27.2 Å². The molecule has 0 atom stereocenters. The molecule has 29 heavy (non-hydrogen) atoms. The highest BCUT2D eigenvalue weighted by Gasteiger charge is 2.12. The maximum atomic E-state index is 12.3. The summed E-state index contributed by atoms with van der Waals surface area (Å²) in [6, 6.07) is 13.2. The molecule has 2 amide bonds. The van der Waals surface area contributed by atoms with Crippen LogP contribution in [0.3, 0.4) is 0 Å². The van der Waals surface area contributed by atoms with Crippen molar-refractivity contribution < 1.29 is 9.59 Å². The van der Waals surface area contributed by atoms with Crippen LogP contribution in [0.1, 0.15) is 15.4 Å². The number of benzene rings is 1. The van der Waals surface area contributed by atoms with Crippen LogP contribution in [0.2, 0.25) is 0 Å². The van der Waals surface area contributed by atoms with Crippen LogP contribution >= 0.6 is 22.7 Å². The minimum atomic E-state index is -0.234. The molecule has 9 heteroatoms. The fraction of sp³-hybridized carbons (Fsp3) is 0.0500. The topological polar surface area (TPSA) is 96.9 Å². The number of rotatable bonds is 6. The number of amides is 2. The fourth-order valence-corrected chi connectivity index (χ4v) is 3.83. The first kappa shape index (κ1) is 18.9. The number of hydrogen-bond donors (Lipinski definition) is 2. The Kier molecular flexibility index (Phi) is 5.68. The summed E-state index contributed by atoms with van der Waals surface area (Å²) < 4.78 is 0. The van der Waals surface area contributed by atoms with Gasteiger partial charge in [-0.1, -0.05) is 36.4 Å². The van der Waals surface area contributed by atoms with Gasteiger partial charge in [0.05, 0.1) is 35.1 Å². The molecule has 1 aromatic carbocycles. The molecular weight excluding hydrogens is 406 g/mol. The van der Waals surface area contributed by atoms with Gasteiger partial charge >= 0.3 is 0 Å². The second-order valence-corrected chi connectivity index (χ2v) is 7.77. The monoisotopic (exact) mass is 421 g/mol. The summed E-state index contributed by atoms with van der Waals surface area (Å²) in [6.45, 7) is 0. The molecule has 0 unspecified atom stereocenters. The molecule has 0 saturated carbocycles. The van der Waals surface area contributed by atoms with Crippen LogP contribution in [0.4, 0.5) is 10.8 Å². The standard InChI is InChI=1S/C20H15N5O2S2/c26-17(23-15-10-21-18(22-11-15)13-5-2-1-3-6-13)9-14-12-29-20(24-14)25-19(27)16-7-4-8-28-16/h1-8,10-12H,9H2,(H,23,26)(H,24,25,27). The van der Waals surface area contributed by atoms with E-state index in [1.165, 1.54) is 22.7 Å². The van der Waals surface area contributed by atoms with Gasteiger partial charge in [0, 0.05) is 10.9 Å². The number of aromatic nitrogens is 3. The normalized spacial score (nSPS) is 10.5. The lowest BCUT2D eigenvalue weighted by Crippen LogP contribution is -2.15. The predicted molar refractivity (Wildman–Crippen MR) is 114 cm³/mol. The van der Waals surface area contributed by atoms with Crippen molar-refractivity contribution >= 4 is 45.3 Å². The van der Waals surface area contributed by atoms with E-state index in [1.54, 1.807) is 23.8 Å². The lowest BCUT2D eigenvalue weighted by atomic mass is 10.2. The first-order chi connectivity index (χ1) is 14.2. The number of carbonyl (C=O) groups excluding carboxylic acids is 2. The van der Waals surface area contributed by atoms with Gasteiger partial charge in [-0.05, 0) is 11.4 Å². The van der Waals surface area contributed by atoms with E-state index in [1.807, 2.05) is 41.8 Å². The summed E-state index contributed by atoms with van der Waals surface area (Å²) in [5.41, 5.74) is 2.00. The van der Waals surface area contributed by atoms with Crippen molar-refractivity contribution in [3.8, 4) is 11.4 Å². The van der Waals surface area contributed by atoms with Crippen LogP contribution in [-0.2, 0) is 11.2 Å². The van der Waals surface area contributed by atoms with Crippen molar-refractivity contribution in [2.45, 2.75) is 6.42 Å². The molecule has 0 fully saturated rings. The molecule has 2 N–H and O–H groups in total. The molecule has 0 spiro atoms. The largest absolute Gasteiger partial charge is 0.323 e. The van der Waals surface area contributed by atoms with E-state index in [0.717, 1.165) is 5.56 Å². The average Bonchev–Trinajstić information content (AvgIpc) is 3.42. The molecular formula is C20H15N5O2S2. The average molecular weight is 422 g/mol. The van der Waals surface area contributed by atoms with Gasteiger partial charge in [0.15, 0.2) is 11.0 Å². The van der Waals surface area contributed by atoms with Crippen molar-refractivity contribution in [3.63, 3.8) is 0 Å². The van der Waals surface area contributed by atoms with Gasteiger partial charge in [0.1, 0.15) is 0 Å². The van der Waals surface area contributed by atoms with Crippen LogP contribution in [0.25, 0.3) is 11.4 Å². The zero-order valence-corrected chi connectivity index (χ0v) is 16.7. The van der Waals surface area contributed by atoms with Crippen LogP contribution < -0.4 is 10.6 Å². The molecule has 3 aromatic heterocycles. The number of hydrogen-bond acceptors (Lipinski definition) is 7. The van der Waals surface area contributed by atoms with Gasteiger partial charge in [-0.3, -0.25) is 14.9 Å². The van der Waals surface area contributed by atoms with Crippen LogP contribution in [0, 0.1) is 0 Å². The fourth-order valence-electron chi connectivity index (χ4n) is 2.51. The second-order valence-electron chi connectivity index (χ2n) is 5.96. The summed E-state index contributed by atoms with van der Waals surface area (Å²) in [5, 5.41) is 9.54. The predicted octanol–water partition coefficient (Wildman–Crippen LogP) is 4.10. The van der Waals surface area contributed by atoms with E-state index in [4.69, 9.17) is 0 Å². The Morgan fingerprint density at radius 1 is 0.931 bits per heavy atom. The number of anilines is 2. The molecule has 0 radical (unpaired) electrons. The number of nitrogens with zero attached hydrogens (tertiary/aromatic N) is 3. The summed E-state index contributed by atoms with van der Waals surface area (Å²) in [5.74, 6) is 0.151. The molecule has 4 rings (SSSR count). The Morgan fingerprint density at radius 2 is 1.72 bits per heavy atom. The van der Waals surface area contributed by atoms with Gasteiger partial charge < -0.3 is 5.32 Å². The third kappa shape index (κ3) is 4.89. The quantitative estimate of drug-likeness (QED) is 0.489. The Balaban J connectivity index is 1.33. The summed E-state index contributed by atoms with van der Waals surface area (Å²) in [4.78, 5) is 37.8. The van der Waals surface area contributed by atoms with E-state index < -0.39 is 0 Å². The minimum absolute atomic E-state index is 0.0891. The van der Waals surface area contributed by atoms with Gasteiger partial charge in [-0.25, -0.2) is 15.0 Å². The maximum Gasteiger partial charge on any atom is 0.267 e. The summed E-state index contributed by atoms with van der Waals surface area (Å²) >= 11 is 2.64. The number of carbonyl (C=O) groups is 2. The Hall–Kier alpha value is -3.43. The van der Waals surface area contributed by atoms with Crippen molar-refractivity contribution in [1.29, 1.82) is 0 Å².